The Kier molecular flexibility index (Phi) is 2.96. The molecule has 96 valence electrons. The molecular weight excluding hydrogens is 232 g/mol. The van der Waals surface area contributed by atoms with E-state index in [1.807, 2.05) is 0 Å². The fourth-order valence-corrected chi connectivity index (χ4v) is 2.60. The van der Waals surface area contributed by atoms with Gasteiger partial charge in [-0.15, -0.1) is 0 Å². The molecule has 2 aromatic carbocycles. The Balaban J connectivity index is 2.38. The van der Waals surface area contributed by atoms with Gasteiger partial charge >= 0.3 is 0 Å². The molecule has 2 heteroatoms. The average molecular weight is 250 g/mol. The highest BCUT2D eigenvalue weighted by Gasteiger charge is 2.11. The number of benzene rings is 2. The maximum atomic E-state index is 6.17. The monoisotopic (exact) mass is 250 g/mol. The van der Waals surface area contributed by atoms with Gasteiger partial charge in [0.1, 0.15) is 0 Å². The van der Waals surface area contributed by atoms with Gasteiger partial charge in [-0.05, 0) is 30.4 Å². The molecule has 0 amide bonds. The number of aryl methyl sites for hydroxylation is 1. The zero-order chi connectivity index (χ0) is 13.4. The lowest BCUT2D eigenvalue weighted by molar-refractivity contribution is 0.673. The predicted octanol–water partition coefficient (Wildman–Crippen LogP) is 4.11. The van der Waals surface area contributed by atoms with Crippen molar-refractivity contribution >= 4 is 21.7 Å². The van der Waals surface area contributed by atoms with Crippen LogP contribution in [0.1, 0.15) is 30.6 Å². The minimum Gasteiger partial charge on any atom is -0.323 e. The van der Waals surface area contributed by atoms with Crippen LogP contribution in [0.5, 0.6) is 0 Å². The van der Waals surface area contributed by atoms with Gasteiger partial charge in [0.25, 0.3) is 0 Å². The molecular formula is C17H18N2. The Morgan fingerprint density at radius 2 is 1.84 bits per heavy atom. The van der Waals surface area contributed by atoms with E-state index in [2.05, 4.69) is 56.3 Å². The van der Waals surface area contributed by atoms with Crippen LogP contribution in [0.4, 0.5) is 0 Å². The van der Waals surface area contributed by atoms with Gasteiger partial charge in [-0.2, -0.15) is 0 Å². The quantitative estimate of drug-likeness (QED) is 0.695. The third-order valence-electron chi connectivity index (χ3n) is 3.73. The summed E-state index contributed by atoms with van der Waals surface area (Å²) in [5, 5.41) is 3.61. The molecule has 0 radical (unpaired) electrons. The largest absolute Gasteiger partial charge is 0.323 e. The molecule has 0 saturated carbocycles. The molecule has 2 N–H and O–H groups in total. The molecule has 0 bridgehead atoms. The van der Waals surface area contributed by atoms with Crippen molar-refractivity contribution in [3.8, 4) is 0 Å². The van der Waals surface area contributed by atoms with E-state index >= 15 is 0 Å². The molecule has 1 atom stereocenters. The topological polar surface area (TPSA) is 38.9 Å². The molecule has 1 unspecified atom stereocenters. The van der Waals surface area contributed by atoms with E-state index in [4.69, 9.17) is 10.7 Å². The van der Waals surface area contributed by atoms with Crippen LogP contribution in [-0.4, -0.2) is 4.98 Å². The van der Waals surface area contributed by atoms with E-state index in [0.29, 0.717) is 0 Å². The molecule has 0 aliphatic heterocycles. The summed E-state index contributed by atoms with van der Waals surface area (Å²) in [5.41, 5.74) is 9.42. The van der Waals surface area contributed by atoms with Crippen LogP contribution < -0.4 is 5.73 Å². The van der Waals surface area contributed by atoms with Crippen molar-refractivity contribution in [1.29, 1.82) is 0 Å². The summed E-state index contributed by atoms with van der Waals surface area (Å²) in [6.07, 6.45) is 0.907. The van der Waals surface area contributed by atoms with Gasteiger partial charge in [0.15, 0.2) is 0 Å². The number of hydrogen-bond donors (Lipinski definition) is 1. The van der Waals surface area contributed by atoms with Crippen molar-refractivity contribution < 1.29 is 0 Å². The number of rotatable bonds is 2. The Morgan fingerprint density at radius 1 is 1.11 bits per heavy atom. The van der Waals surface area contributed by atoms with Crippen LogP contribution >= 0.6 is 0 Å². The summed E-state index contributed by atoms with van der Waals surface area (Å²) < 4.78 is 0. The first-order chi connectivity index (χ1) is 9.20. The number of nitrogens with zero attached hydrogens (tertiary/aromatic N) is 1. The lowest BCUT2D eigenvalue weighted by Gasteiger charge is -2.13. The SMILES string of the molecule is CCC(N)c1nc2c(ccc3ccccc32)cc1C. The summed E-state index contributed by atoms with van der Waals surface area (Å²) in [7, 11) is 0. The number of aromatic nitrogens is 1. The van der Waals surface area contributed by atoms with Gasteiger partial charge in [-0.1, -0.05) is 43.3 Å². The maximum Gasteiger partial charge on any atom is 0.0784 e. The van der Waals surface area contributed by atoms with E-state index in [-0.39, 0.29) is 6.04 Å². The Morgan fingerprint density at radius 3 is 2.63 bits per heavy atom. The van der Waals surface area contributed by atoms with Crippen molar-refractivity contribution in [2.24, 2.45) is 5.73 Å². The first-order valence-electron chi connectivity index (χ1n) is 6.75. The summed E-state index contributed by atoms with van der Waals surface area (Å²) >= 11 is 0. The van der Waals surface area contributed by atoms with E-state index in [1.165, 1.54) is 21.7 Å². The van der Waals surface area contributed by atoms with Crippen molar-refractivity contribution in [2.45, 2.75) is 26.3 Å². The van der Waals surface area contributed by atoms with Gasteiger partial charge in [0, 0.05) is 16.8 Å². The average Bonchev–Trinajstić information content (AvgIpc) is 2.45. The van der Waals surface area contributed by atoms with Crippen molar-refractivity contribution in [3.63, 3.8) is 0 Å². The van der Waals surface area contributed by atoms with Crippen LogP contribution in [0, 0.1) is 6.92 Å². The molecule has 3 aromatic rings. The van der Waals surface area contributed by atoms with Crippen molar-refractivity contribution in [1.82, 2.24) is 4.98 Å². The van der Waals surface area contributed by atoms with E-state index in [1.54, 1.807) is 0 Å². The van der Waals surface area contributed by atoms with E-state index in [0.717, 1.165) is 17.6 Å². The second-order valence-electron chi connectivity index (χ2n) is 5.06. The standard InChI is InChI=1S/C17H18N2/c1-3-15(18)16-11(2)10-13-9-8-12-6-4-5-7-14(12)17(13)19-16/h4-10,15H,3,18H2,1-2H3. The number of hydrogen-bond acceptors (Lipinski definition) is 2. The highest BCUT2D eigenvalue weighted by molar-refractivity contribution is 6.05. The third-order valence-corrected chi connectivity index (χ3v) is 3.73. The van der Waals surface area contributed by atoms with Crippen LogP contribution in [0.15, 0.2) is 42.5 Å². The summed E-state index contributed by atoms with van der Waals surface area (Å²) in [5.74, 6) is 0. The maximum absolute atomic E-state index is 6.17. The first-order valence-corrected chi connectivity index (χ1v) is 6.75. The molecule has 1 heterocycles. The third kappa shape index (κ3) is 1.98. The van der Waals surface area contributed by atoms with Crippen molar-refractivity contribution in [2.75, 3.05) is 0 Å². The molecule has 3 rings (SSSR count). The van der Waals surface area contributed by atoms with Gasteiger partial charge < -0.3 is 5.73 Å². The molecule has 0 fully saturated rings. The minimum atomic E-state index is 0.0170. The highest BCUT2D eigenvalue weighted by atomic mass is 14.8. The summed E-state index contributed by atoms with van der Waals surface area (Å²) in [6.45, 7) is 4.19. The molecule has 2 nitrogen and oxygen atoms in total. The normalized spacial score (nSPS) is 13.0. The molecule has 1 aromatic heterocycles. The fraction of sp³-hybridized carbons (Fsp3) is 0.235. The summed E-state index contributed by atoms with van der Waals surface area (Å²) in [4.78, 5) is 4.85. The van der Waals surface area contributed by atoms with E-state index < -0.39 is 0 Å². The second-order valence-corrected chi connectivity index (χ2v) is 5.06. The molecule has 0 saturated heterocycles. The van der Waals surface area contributed by atoms with Gasteiger partial charge in [-0.3, -0.25) is 4.98 Å². The predicted molar refractivity (Wildman–Crippen MR) is 81.2 cm³/mol. The Labute approximate surface area is 113 Å². The Hall–Kier alpha value is -1.93. The molecule has 0 aliphatic rings. The zero-order valence-corrected chi connectivity index (χ0v) is 11.4. The van der Waals surface area contributed by atoms with Crippen LogP contribution in [0.25, 0.3) is 21.7 Å². The van der Waals surface area contributed by atoms with Crippen LogP contribution in [0.3, 0.4) is 0 Å². The molecule has 19 heavy (non-hydrogen) atoms. The van der Waals surface area contributed by atoms with Crippen LogP contribution in [-0.2, 0) is 0 Å². The summed E-state index contributed by atoms with van der Waals surface area (Å²) in [6, 6.07) is 14.9. The zero-order valence-electron chi connectivity index (χ0n) is 11.4. The number of pyridine rings is 1. The number of fused-ring (bicyclic) bond motifs is 3. The molecule has 0 spiro atoms. The van der Waals surface area contributed by atoms with Gasteiger partial charge in [-0.25, -0.2) is 0 Å². The van der Waals surface area contributed by atoms with Gasteiger partial charge in [0.2, 0.25) is 0 Å². The van der Waals surface area contributed by atoms with E-state index in [9.17, 15) is 0 Å². The lowest BCUT2D eigenvalue weighted by Crippen LogP contribution is -2.12. The Bertz CT molecular complexity index is 747. The highest BCUT2D eigenvalue weighted by Crippen LogP contribution is 2.27. The first kappa shape index (κ1) is 12.1. The van der Waals surface area contributed by atoms with Gasteiger partial charge in [0.05, 0.1) is 11.2 Å². The lowest BCUT2D eigenvalue weighted by atomic mass is 10.0. The van der Waals surface area contributed by atoms with Crippen LogP contribution in [0.2, 0.25) is 0 Å². The smallest absolute Gasteiger partial charge is 0.0784 e. The second kappa shape index (κ2) is 4.63. The number of nitrogens with two attached hydrogens (primary N) is 1. The van der Waals surface area contributed by atoms with Crippen molar-refractivity contribution in [3.05, 3.63) is 53.7 Å². The molecule has 0 aliphatic carbocycles. The minimum absolute atomic E-state index is 0.0170. The fourth-order valence-electron chi connectivity index (χ4n) is 2.60.